The summed E-state index contributed by atoms with van der Waals surface area (Å²) in [5, 5.41) is 20.6. The quantitative estimate of drug-likeness (QED) is 0.822. The summed E-state index contributed by atoms with van der Waals surface area (Å²) in [5.41, 5.74) is 0.964. The van der Waals surface area contributed by atoms with Crippen molar-refractivity contribution in [3.8, 4) is 0 Å². The summed E-state index contributed by atoms with van der Waals surface area (Å²) in [5.74, 6) is 0.293. The van der Waals surface area contributed by atoms with Crippen LogP contribution in [0.3, 0.4) is 0 Å². The van der Waals surface area contributed by atoms with E-state index in [4.69, 9.17) is 5.11 Å². The molecule has 0 unspecified atom stereocenters. The molecule has 1 aliphatic heterocycles. The molecule has 2 aromatic heterocycles. The highest BCUT2D eigenvalue weighted by Gasteiger charge is 2.21. The Kier molecular flexibility index (Phi) is 2.71. The third-order valence-corrected chi connectivity index (χ3v) is 3.38. The Bertz CT molecular complexity index is 587. The van der Waals surface area contributed by atoms with Crippen LogP contribution in [0.1, 0.15) is 34.9 Å². The minimum atomic E-state index is -0.929. The summed E-state index contributed by atoms with van der Waals surface area (Å²) in [7, 11) is 0. The number of pyridine rings is 1. The molecule has 0 amide bonds. The van der Waals surface area contributed by atoms with Crippen molar-refractivity contribution < 1.29 is 9.90 Å². The molecule has 2 N–H and O–H groups in total. The monoisotopic (exact) mass is 246 g/mol. The Balaban J connectivity index is 2.05. The van der Waals surface area contributed by atoms with Gasteiger partial charge in [0.05, 0.1) is 5.56 Å². The molecule has 0 radical (unpaired) electrons. The van der Waals surface area contributed by atoms with Gasteiger partial charge in [0.1, 0.15) is 5.82 Å². The average molecular weight is 246 g/mol. The Hall–Kier alpha value is -1.95. The van der Waals surface area contributed by atoms with Crippen molar-refractivity contribution in [1.82, 2.24) is 19.9 Å². The lowest BCUT2D eigenvalue weighted by molar-refractivity contribution is 0.0696. The first kappa shape index (κ1) is 11.2. The van der Waals surface area contributed by atoms with Gasteiger partial charge >= 0.3 is 5.97 Å². The van der Waals surface area contributed by atoms with Gasteiger partial charge in [0, 0.05) is 12.1 Å². The Morgan fingerprint density at radius 3 is 2.83 bits per heavy atom. The van der Waals surface area contributed by atoms with Crippen LogP contribution in [-0.4, -0.2) is 38.8 Å². The SMILES string of the molecule is O=C(O)c1ccc2nnc(C3CCNCC3)n2c1. The summed E-state index contributed by atoms with van der Waals surface area (Å²) >= 11 is 0. The van der Waals surface area contributed by atoms with Crippen LogP contribution < -0.4 is 5.32 Å². The van der Waals surface area contributed by atoms with Crippen LogP contribution in [0, 0.1) is 0 Å². The second kappa shape index (κ2) is 4.38. The van der Waals surface area contributed by atoms with Gasteiger partial charge < -0.3 is 10.4 Å². The molecule has 3 heterocycles. The van der Waals surface area contributed by atoms with Crippen LogP contribution in [0.25, 0.3) is 5.65 Å². The number of carboxylic acids is 1. The van der Waals surface area contributed by atoms with E-state index in [0.717, 1.165) is 31.8 Å². The molecule has 18 heavy (non-hydrogen) atoms. The van der Waals surface area contributed by atoms with Gasteiger partial charge in [-0.3, -0.25) is 4.40 Å². The number of hydrogen-bond donors (Lipinski definition) is 2. The number of hydrogen-bond acceptors (Lipinski definition) is 4. The van der Waals surface area contributed by atoms with Gasteiger partial charge in [-0.25, -0.2) is 4.79 Å². The van der Waals surface area contributed by atoms with Gasteiger partial charge in [-0.05, 0) is 38.1 Å². The zero-order valence-electron chi connectivity index (χ0n) is 9.83. The van der Waals surface area contributed by atoms with E-state index in [1.807, 2.05) is 0 Å². The number of carbonyl (C=O) groups is 1. The summed E-state index contributed by atoms with van der Waals surface area (Å²) in [6.45, 7) is 1.94. The number of aromatic carboxylic acids is 1. The van der Waals surface area contributed by atoms with Gasteiger partial charge in [0.2, 0.25) is 0 Å². The number of nitrogens with zero attached hydrogens (tertiary/aromatic N) is 3. The minimum Gasteiger partial charge on any atom is -0.478 e. The molecule has 0 aromatic carbocycles. The van der Waals surface area contributed by atoms with Gasteiger partial charge in [-0.1, -0.05) is 0 Å². The van der Waals surface area contributed by atoms with E-state index in [9.17, 15) is 4.79 Å². The summed E-state index contributed by atoms with van der Waals surface area (Å²) in [6, 6.07) is 3.25. The standard InChI is InChI=1S/C12H14N4O2/c17-12(18)9-1-2-10-14-15-11(16(10)7-9)8-3-5-13-6-4-8/h1-2,7-8,13H,3-6H2,(H,17,18). The largest absolute Gasteiger partial charge is 0.478 e. The van der Waals surface area contributed by atoms with Crippen LogP contribution in [-0.2, 0) is 0 Å². The fourth-order valence-electron chi connectivity index (χ4n) is 2.39. The number of piperidine rings is 1. The fraction of sp³-hybridized carbons (Fsp3) is 0.417. The summed E-state index contributed by atoms with van der Waals surface area (Å²) in [6.07, 6.45) is 3.63. The van der Waals surface area contributed by atoms with Crippen LogP contribution in [0.4, 0.5) is 0 Å². The van der Waals surface area contributed by atoms with Crippen LogP contribution in [0.5, 0.6) is 0 Å². The molecule has 6 nitrogen and oxygen atoms in total. The predicted molar refractivity (Wildman–Crippen MR) is 64.8 cm³/mol. The number of rotatable bonds is 2. The maximum Gasteiger partial charge on any atom is 0.337 e. The van der Waals surface area contributed by atoms with Crippen molar-refractivity contribution in [3.05, 3.63) is 29.7 Å². The molecule has 94 valence electrons. The zero-order chi connectivity index (χ0) is 12.5. The number of carboxylic acid groups (broad SMARTS) is 1. The molecule has 1 fully saturated rings. The normalized spacial score (nSPS) is 17.1. The average Bonchev–Trinajstić information content (AvgIpc) is 2.82. The second-order valence-corrected chi connectivity index (χ2v) is 4.53. The van der Waals surface area contributed by atoms with Gasteiger partial charge in [-0.15, -0.1) is 10.2 Å². The smallest absolute Gasteiger partial charge is 0.337 e. The number of nitrogens with one attached hydrogen (secondary N) is 1. The number of aromatic nitrogens is 3. The third kappa shape index (κ3) is 1.84. The van der Waals surface area contributed by atoms with Gasteiger partial charge in [-0.2, -0.15) is 0 Å². The topological polar surface area (TPSA) is 79.5 Å². The molecule has 1 aliphatic rings. The van der Waals surface area contributed by atoms with E-state index in [-0.39, 0.29) is 5.56 Å². The first-order valence-electron chi connectivity index (χ1n) is 6.04. The maximum atomic E-state index is 11.0. The molecule has 0 saturated carbocycles. The van der Waals surface area contributed by atoms with Crippen LogP contribution >= 0.6 is 0 Å². The van der Waals surface area contributed by atoms with E-state index in [2.05, 4.69) is 15.5 Å². The minimum absolute atomic E-state index is 0.262. The molecule has 0 aliphatic carbocycles. The summed E-state index contributed by atoms with van der Waals surface area (Å²) < 4.78 is 1.80. The highest BCUT2D eigenvalue weighted by Crippen LogP contribution is 2.24. The van der Waals surface area contributed by atoms with E-state index in [1.165, 1.54) is 0 Å². The van der Waals surface area contributed by atoms with Crippen molar-refractivity contribution >= 4 is 11.6 Å². The molecular formula is C12H14N4O2. The second-order valence-electron chi connectivity index (χ2n) is 4.53. The van der Waals surface area contributed by atoms with Gasteiger partial charge in [0.15, 0.2) is 5.65 Å². The summed E-state index contributed by atoms with van der Waals surface area (Å²) in [4.78, 5) is 11.0. The molecular weight excluding hydrogens is 232 g/mol. The van der Waals surface area contributed by atoms with E-state index in [0.29, 0.717) is 11.6 Å². The molecule has 3 rings (SSSR count). The fourth-order valence-corrected chi connectivity index (χ4v) is 2.39. The lowest BCUT2D eigenvalue weighted by atomic mass is 9.97. The third-order valence-electron chi connectivity index (χ3n) is 3.38. The predicted octanol–water partition coefficient (Wildman–Crippen LogP) is 0.894. The first-order chi connectivity index (χ1) is 8.75. The van der Waals surface area contributed by atoms with Crippen molar-refractivity contribution in [3.63, 3.8) is 0 Å². The van der Waals surface area contributed by atoms with E-state index in [1.54, 1.807) is 22.7 Å². The van der Waals surface area contributed by atoms with Crippen molar-refractivity contribution in [2.24, 2.45) is 0 Å². The molecule has 6 heteroatoms. The molecule has 0 spiro atoms. The van der Waals surface area contributed by atoms with Gasteiger partial charge in [0.25, 0.3) is 0 Å². The number of fused-ring (bicyclic) bond motifs is 1. The lowest BCUT2D eigenvalue weighted by Gasteiger charge is -2.20. The Labute approximate surface area is 104 Å². The highest BCUT2D eigenvalue weighted by atomic mass is 16.4. The maximum absolute atomic E-state index is 11.0. The first-order valence-corrected chi connectivity index (χ1v) is 6.04. The molecule has 0 bridgehead atoms. The zero-order valence-corrected chi connectivity index (χ0v) is 9.83. The molecule has 0 atom stereocenters. The van der Waals surface area contributed by atoms with E-state index >= 15 is 0 Å². The molecule has 2 aromatic rings. The van der Waals surface area contributed by atoms with Crippen molar-refractivity contribution in [2.45, 2.75) is 18.8 Å². The van der Waals surface area contributed by atoms with Crippen LogP contribution in [0.15, 0.2) is 18.3 Å². The highest BCUT2D eigenvalue weighted by molar-refractivity contribution is 5.87. The molecule has 1 saturated heterocycles. The van der Waals surface area contributed by atoms with Crippen molar-refractivity contribution in [1.29, 1.82) is 0 Å². The lowest BCUT2D eigenvalue weighted by Crippen LogP contribution is -2.27. The van der Waals surface area contributed by atoms with E-state index < -0.39 is 5.97 Å². The van der Waals surface area contributed by atoms with Crippen LogP contribution in [0.2, 0.25) is 0 Å². The Morgan fingerprint density at radius 1 is 1.33 bits per heavy atom. The van der Waals surface area contributed by atoms with Crippen molar-refractivity contribution in [2.75, 3.05) is 13.1 Å². The Morgan fingerprint density at radius 2 is 2.11 bits per heavy atom.